The average molecular weight is 303 g/mol. The van der Waals surface area contributed by atoms with Gasteiger partial charge in [-0.2, -0.15) is 0 Å². The molecule has 0 atom stereocenters. The van der Waals surface area contributed by atoms with Crippen molar-refractivity contribution < 1.29 is 8.42 Å². The van der Waals surface area contributed by atoms with Crippen LogP contribution in [0.5, 0.6) is 0 Å². The number of anilines is 1. The quantitative estimate of drug-likeness (QED) is 0.662. The summed E-state index contributed by atoms with van der Waals surface area (Å²) < 4.78 is 22.2. The third kappa shape index (κ3) is 5.78. The molecule has 1 aromatic rings. The molecular weight excluding hydrogens is 282 g/mol. The fraction of sp³-hybridized carbons (Fsp3) is 0.667. The molecule has 0 radical (unpaired) electrons. The average Bonchev–Trinajstić information content (AvgIpc) is 2.25. The Bertz CT molecular complexity index is 536. The Labute approximate surface area is 119 Å². The van der Waals surface area contributed by atoms with Gasteiger partial charge >= 0.3 is 0 Å². The van der Waals surface area contributed by atoms with E-state index in [9.17, 15) is 8.42 Å². The lowest BCUT2D eigenvalue weighted by Gasteiger charge is -2.18. The maximum atomic E-state index is 11.1. The maximum Gasteiger partial charge on any atom is 0.148 e. The fourth-order valence-electron chi connectivity index (χ4n) is 1.26. The second-order valence-electron chi connectivity index (χ2n) is 5.39. The predicted octanol–water partition coefficient (Wildman–Crippen LogP) is 1.95. The van der Waals surface area contributed by atoms with E-state index in [1.54, 1.807) is 7.05 Å². The zero-order valence-corrected chi connectivity index (χ0v) is 13.7. The van der Waals surface area contributed by atoms with Crippen LogP contribution in [0.25, 0.3) is 0 Å². The second-order valence-corrected chi connectivity index (χ2v) is 8.77. The van der Waals surface area contributed by atoms with Gasteiger partial charge in [0.1, 0.15) is 26.5 Å². The van der Waals surface area contributed by atoms with E-state index in [-0.39, 0.29) is 11.2 Å². The maximum absolute atomic E-state index is 11.1. The van der Waals surface area contributed by atoms with Crippen molar-refractivity contribution in [2.75, 3.05) is 30.1 Å². The van der Waals surface area contributed by atoms with Crippen molar-refractivity contribution in [1.29, 1.82) is 0 Å². The minimum atomic E-state index is -2.93. The number of nitrogens with one attached hydrogen (secondary N) is 1. The van der Waals surface area contributed by atoms with Crippen LogP contribution in [-0.2, 0) is 15.3 Å². The number of thioether (sulfide) groups is 1. The molecule has 0 aromatic carbocycles. The van der Waals surface area contributed by atoms with E-state index in [2.05, 4.69) is 15.3 Å². The molecule has 0 bridgehead atoms. The summed E-state index contributed by atoms with van der Waals surface area (Å²) in [5.41, 5.74) is -0.140. The lowest BCUT2D eigenvalue weighted by Crippen LogP contribution is -2.17. The molecule has 1 N–H and O–H groups in total. The van der Waals surface area contributed by atoms with Crippen LogP contribution in [0.15, 0.2) is 11.1 Å². The van der Waals surface area contributed by atoms with Gasteiger partial charge in [-0.3, -0.25) is 0 Å². The van der Waals surface area contributed by atoms with Crippen LogP contribution in [0.4, 0.5) is 5.82 Å². The molecule has 1 aromatic heterocycles. The summed E-state index contributed by atoms with van der Waals surface area (Å²) >= 11 is 1.44. The van der Waals surface area contributed by atoms with Gasteiger partial charge in [0.05, 0.1) is 5.75 Å². The Balaban J connectivity index is 2.89. The normalized spacial score (nSPS) is 12.5. The van der Waals surface area contributed by atoms with Crippen LogP contribution in [-0.4, -0.2) is 43.2 Å². The molecule has 5 nitrogen and oxygen atoms in total. The summed E-state index contributed by atoms with van der Waals surface area (Å²) in [4.78, 5) is 8.92. The Morgan fingerprint density at radius 2 is 1.95 bits per heavy atom. The molecule has 0 saturated carbocycles. The number of rotatable bonds is 5. The summed E-state index contributed by atoms with van der Waals surface area (Å²) in [6.45, 7) is 6.15. The number of hydrogen-bond acceptors (Lipinski definition) is 6. The van der Waals surface area contributed by atoms with E-state index in [0.29, 0.717) is 5.75 Å². The molecular formula is C12H21N3O2S2. The minimum absolute atomic E-state index is 0.140. The number of hydrogen-bond donors (Lipinski definition) is 1. The number of nitrogens with zero attached hydrogens (tertiary/aromatic N) is 2. The van der Waals surface area contributed by atoms with Crippen molar-refractivity contribution in [3.8, 4) is 0 Å². The Morgan fingerprint density at radius 3 is 2.42 bits per heavy atom. The smallest absolute Gasteiger partial charge is 0.148 e. The van der Waals surface area contributed by atoms with E-state index in [4.69, 9.17) is 0 Å². The van der Waals surface area contributed by atoms with Crippen molar-refractivity contribution in [3.05, 3.63) is 11.9 Å². The molecule has 1 heterocycles. The van der Waals surface area contributed by atoms with Gasteiger partial charge < -0.3 is 5.32 Å². The molecule has 0 unspecified atom stereocenters. The Hall–Kier alpha value is -0.820. The zero-order valence-electron chi connectivity index (χ0n) is 12.0. The van der Waals surface area contributed by atoms with E-state index in [1.807, 2.05) is 26.8 Å². The van der Waals surface area contributed by atoms with Crippen LogP contribution in [0.2, 0.25) is 0 Å². The number of sulfone groups is 1. The molecule has 0 aliphatic rings. The van der Waals surface area contributed by atoms with Gasteiger partial charge in [-0.15, -0.1) is 11.8 Å². The Kier molecular flexibility index (Phi) is 5.20. The van der Waals surface area contributed by atoms with Crippen molar-refractivity contribution in [2.24, 2.45) is 0 Å². The second kappa shape index (κ2) is 6.09. The van der Waals surface area contributed by atoms with E-state index in [0.717, 1.165) is 16.7 Å². The lowest BCUT2D eigenvalue weighted by molar-refractivity contribution is 0.539. The molecule has 1 rings (SSSR count). The zero-order chi connectivity index (χ0) is 14.7. The molecule has 108 valence electrons. The predicted molar refractivity (Wildman–Crippen MR) is 80.7 cm³/mol. The molecule has 0 spiro atoms. The van der Waals surface area contributed by atoms with Crippen molar-refractivity contribution in [3.63, 3.8) is 0 Å². The topological polar surface area (TPSA) is 72.0 Å². The standard InChI is InChI=1S/C12H21N3O2S2/c1-12(2,3)11-14-9(13-4)8-10(15-11)18-6-7-19(5,16)17/h8H,6-7H2,1-5H3,(H,13,14,15). The highest BCUT2D eigenvalue weighted by Crippen LogP contribution is 2.24. The molecule has 0 saturated heterocycles. The molecule has 0 amide bonds. The largest absolute Gasteiger partial charge is 0.373 e. The third-order valence-electron chi connectivity index (χ3n) is 2.33. The SMILES string of the molecule is CNc1cc(SCCS(C)(=O)=O)nc(C(C)(C)C)n1. The summed E-state index contributed by atoms with van der Waals surface area (Å²) in [7, 11) is -1.12. The van der Waals surface area contributed by atoms with Crippen LogP contribution in [0, 0.1) is 0 Å². The van der Waals surface area contributed by atoms with Crippen molar-refractivity contribution in [1.82, 2.24) is 9.97 Å². The van der Waals surface area contributed by atoms with Gasteiger partial charge in [-0.05, 0) is 0 Å². The first-order valence-electron chi connectivity index (χ1n) is 5.99. The van der Waals surface area contributed by atoms with E-state index in [1.165, 1.54) is 18.0 Å². The summed E-state index contributed by atoms with van der Waals surface area (Å²) in [5.74, 6) is 2.16. The molecule has 0 fully saturated rings. The summed E-state index contributed by atoms with van der Waals surface area (Å²) in [6.07, 6.45) is 1.24. The summed E-state index contributed by atoms with van der Waals surface area (Å²) in [5, 5.41) is 3.80. The van der Waals surface area contributed by atoms with E-state index < -0.39 is 9.84 Å². The highest BCUT2D eigenvalue weighted by atomic mass is 32.2. The van der Waals surface area contributed by atoms with Gasteiger partial charge in [0.2, 0.25) is 0 Å². The van der Waals surface area contributed by atoms with Crippen LogP contribution >= 0.6 is 11.8 Å². The highest BCUT2D eigenvalue weighted by Gasteiger charge is 2.19. The first-order chi connectivity index (χ1) is 8.62. The molecule has 0 aliphatic heterocycles. The monoisotopic (exact) mass is 303 g/mol. The lowest BCUT2D eigenvalue weighted by atomic mass is 9.96. The van der Waals surface area contributed by atoms with E-state index >= 15 is 0 Å². The highest BCUT2D eigenvalue weighted by molar-refractivity contribution is 8.00. The van der Waals surface area contributed by atoms with Gasteiger partial charge in [-0.25, -0.2) is 18.4 Å². The molecule has 19 heavy (non-hydrogen) atoms. The molecule has 7 heteroatoms. The third-order valence-corrected chi connectivity index (χ3v) is 4.45. The fourth-order valence-corrected chi connectivity index (χ4v) is 3.36. The van der Waals surface area contributed by atoms with Gasteiger partial charge in [0, 0.05) is 30.5 Å². The van der Waals surface area contributed by atoms with Crippen molar-refractivity contribution in [2.45, 2.75) is 31.2 Å². The van der Waals surface area contributed by atoms with Crippen LogP contribution < -0.4 is 5.32 Å². The van der Waals surface area contributed by atoms with Crippen LogP contribution in [0.3, 0.4) is 0 Å². The van der Waals surface area contributed by atoms with Gasteiger partial charge in [-0.1, -0.05) is 20.8 Å². The first-order valence-corrected chi connectivity index (χ1v) is 9.04. The van der Waals surface area contributed by atoms with Crippen LogP contribution in [0.1, 0.15) is 26.6 Å². The van der Waals surface area contributed by atoms with Gasteiger partial charge in [0.25, 0.3) is 0 Å². The first kappa shape index (κ1) is 16.2. The minimum Gasteiger partial charge on any atom is -0.373 e. The molecule has 0 aliphatic carbocycles. The van der Waals surface area contributed by atoms with Crippen molar-refractivity contribution >= 4 is 27.4 Å². The number of aromatic nitrogens is 2. The summed E-state index contributed by atoms with van der Waals surface area (Å²) in [6, 6.07) is 1.84. The van der Waals surface area contributed by atoms with Gasteiger partial charge in [0.15, 0.2) is 0 Å². The Morgan fingerprint density at radius 1 is 1.32 bits per heavy atom.